The van der Waals surface area contributed by atoms with Gasteiger partial charge in [-0.2, -0.15) is 0 Å². The van der Waals surface area contributed by atoms with Crippen molar-refractivity contribution in [3.63, 3.8) is 0 Å². The second-order valence-electron chi connectivity index (χ2n) is 7.85. The van der Waals surface area contributed by atoms with Crippen molar-refractivity contribution >= 4 is 54.9 Å². The molecule has 2 aromatic carbocycles. The maximum atomic E-state index is 12.7. The van der Waals surface area contributed by atoms with Gasteiger partial charge in [-0.15, -0.1) is 0 Å². The highest BCUT2D eigenvalue weighted by Gasteiger charge is 2.23. The smallest absolute Gasteiger partial charge is 0.264 e. The number of carbonyl (C=O) groups excluding carboxylic acids is 1. The molecule has 0 spiro atoms. The van der Waals surface area contributed by atoms with Gasteiger partial charge >= 0.3 is 0 Å². The van der Waals surface area contributed by atoms with Crippen molar-refractivity contribution in [3.05, 3.63) is 70.5 Å². The van der Waals surface area contributed by atoms with E-state index in [0.717, 1.165) is 10.6 Å². The molecule has 186 valence electrons. The summed E-state index contributed by atoms with van der Waals surface area (Å²) in [5, 5.41) is 2.90. The molecule has 0 bridgehead atoms. The number of hydrogen-bond acceptors (Lipinski definition) is 7. The van der Waals surface area contributed by atoms with Crippen LogP contribution in [0.3, 0.4) is 0 Å². The van der Waals surface area contributed by atoms with E-state index in [0.29, 0.717) is 22.0 Å². The molecule has 1 aromatic heterocycles. The van der Waals surface area contributed by atoms with Gasteiger partial charge in [-0.05, 0) is 68.8 Å². The van der Waals surface area contributed by atoms with Crippen LogP contribution in [-0.4, -0.2) is 45.5 Å². The fraction of sp³-hybridized carbons (Fsp3) is 0.227. The molecule has 2 N–H and O–H groups in total. The maximum absolute atomic E-state index is 12.7. The number of nitrogens with one attached hydrogen (secondary N) is 2. The van der Waals surface area contributed by atoms with Gasteiger partial charge in [-0.1, -0.05) is 17.7 Å². The van der Waals surface area contributed by atoms with Crippen LogP contribution in [0.25, 0.3) is 0 Å². The number of sulfonamides is 2. The Morgan fingerprint density at radius 3 is 2.11 bits per heavy atom. The molecule has 13 heteroatoms. The number of benzene rings is 2. The molecule has 0 atom stereocenters. The zero-order valence-corrected chi connectivity index (χ0v) is 21.8. The van der Waals surface area contributed by atoms with Crippen LogP contribution in [0.2, 0.25) is 5.02 Å². The molecule has 3 rings (SSSR count). The lowest BCUT2D eigenvalue weighted by atomic mass is 10.2. The van der Waals surface area contributed by atoms with Crippen LogP contribution in [0.5, 0.6) is 0 Å². The Kier molecular flexibility index (Phi) is 7.68. The number of aromatic nitrogens is 2. The summed E-state index contributed by atoms with van der Waals surface area (Å²) < 4.78 is 53.3. The van der Waals surface area contributed by atoms with E-state index in [1.807, 2.05) is 0 Å². The van der Waals surface area contributed by atoms with Crippen LogP contribution in [0.1, 0.15) is 17.0 Å². The first-order chi connectivity index (χ1) is 16.2. The van der Waals surface area contributed by atoms with E-state index in [2.05, 4.69) is 20.0 Å². The van der Waals surface area contributed by atoms with Crippen molar-refractivity contribution in [1.82, 2.24) is 9.97 Å². The van der Waals surface area contributed by atoms with E-state index >= 15 is 0 Å². The summed E-state index contributed by atoms with van der Waals surface area (Å²) in [6.45, 7) is 4.66. The van der Waals surface area contributed by atoms with Gasteiger partial charge in [0, 0.05) is 22.1 Å². The van der Waals surface area contributed by atoms with E-state index in [-0.39, 0.29) is 22.2 Å². The molecule has 0 saturated heterocycles. The first kappa shape index (κ1) is 26.4. The van der Waals surface area contributed by atoms with Crippen LogP contribution in [0.15, 0.2) is 53.4 Å². The van der Waals surface area contributed by atoms with Crippen LogP contribution in [0, 0.1) is 20.8 Å². The van der Waals surface area contributed by atoms with Crippen LogP contribution >= 0.6 is 11.6 Å². The second kappa shape index (κ2) is 10.2. The lowest BCUT2D eigenvalue weighted by Crippen LogP contribution is -2.37. The number of halogens is 1. The highest BCUT2D eigenvalue weighted by molar-refractivity contribution is 7.92. The molecule has 0 saturated carbocycles. The third-order valence-electron chi connectivity index (χ3n) is 4.78. The van der Waals surface area contributed by atoms with Gasteiger partial charge in [-0.25, -0.2) is 31.5 Å². The number of aryl methyl sites for hydroxylation is 3. The normalized spacial score (nSPS) is 11.7. The summed E-state index contributed by atoms with van der Waals surface area (Å²) in [4.78, 5) is 20.7. The molecule has 3 aromatic rings. The van der Waals surface area contributed by atoms with E-state index in [4.69, 9.17) is 11.6 Å². The lowest BCUT2D eigenvalue weighted by Gasteiger charge is -2.23. The Morgan fingerprint density at radius 1 is 0.943 bits per heavy atom. The lowest BCUT2D eigenvalue weighted by molar-refractivity contribution is -0.114. The van der Waals surface area contributed by atoms with Crippen molar-refractivity contribution in [2.24, 2.45) is 0 Å². The molecule has 10 nitrogen and oxygen atoms in total. The molecule has 0 fully saturated rings. The van der Waals surface area contributed by atoms with Gasteiger partial charge in [0.2, 0.25) is 21.9 Å². The molecule has 0 aliphatic rings. The topological polar surface area (TPSA) is 138 Å². The monoisotopic (exact) mass is 537 g/mol. The van der Waals surface area contributed by atoms with Gasteiger partial charge in [0.05, 0.1) is 16.8 Å². The van der Waals surface area contributed by atoms with E-state index in [9.17, 15) is 21.6 Å². The van der Waals surface area contributed by atoms with Crippen molar-refractivity contribution in [3.8, 4) is 0 Å². The van der Waals surface area contributed by atoms with Gasteiger partial charge < -0.3 is 5.32 Å². The summed E-state index contributed by atoms with van der Waals surface area (Å²) in [5.41, 5.74) is 2.43. The van der Waals surface area contributed by atoms with Crippen LogP contribution in [-0.2, 0) is 24.8 Å². The maximum Gasteiger partial charge on any atom is 0.264 e. The van der Waals surface area contributed by atoms with Gasteiger partial charge in [0.25, 0.3) is 10.0 Å². The van der Waals surface area contributed by atoms with E-state index < -0.39 is 32.5 Å². The molecule has 1 amide bonds. The Balaban J connectivity index is 1.75. The number of nitrogens with zero attached hydrogens (tertiary/aromatic N) is 3. The van der Waals surface area contributed by atoms with Gasteiger partial charge in [0.15, 0.2) is 0 Å². The fourth-order valence-corrected chi connectivity index (χ4v) is 5.25. The van der Waals surface area contributed by atoms with Gasteiger partial charge in [-0.3, -0.25) is 9.10 Å². The molecule has 0 aliphatic carbocycles. The molecule has 1 heterocycles. The average molecular weight is 538 g/mol. The molecule has 35 heavy (non-hydrogen) atoms. The van der Waals surface area contributed by atoms with Crippen molar-refractivity contribution < 1.29 is 21.6 Å². The minimum atomic E-state index is -3.96. The largest absolute Gasteiger partial charge is 0.325 e. The molecular weight excluding hydrogens is 514 g/mol. The highest BCUT2D eigenvalue weighted by atomic mass is 35.5. The van der Waals surface area contributed by atoms with Gasteiger partial charge in [0.1, 0.15) is 6.54 Å². The highest BCUT2D eigenvalue weighted by Crippen LogP contribution is 2.26. The third-order valence-corrected chi connectivity index (χ3v) is 7.49. The molecule has 0 radical (unpaired) electrons. The predicted molar refractivity (Wildman–Crippen MR) is 136 cm³/mol. The Morgan fingerprint density at radius 2 is 1.54 bits per heavy atom. The second-order valence-corrected chi connectivity index (χ2v) is 11.9. The number of anilines is 3. The zero-order chi connectivity index (χ0) is 26.0. The fourth-order valence-electron chi connectivity index (χ4n) is 3.23. The first-order valence-corrected chi connectivity index (χ1v) is 13.9. The van der Waals surface area contributed by atoms with E-state index in [1.54, 1.807) is 39.0 Å². The summed E-state index contributed by atoms with van der Waals surface area (Å²) in [6, 6.07) is 11.9. The minimum Gasteiger partial charge on any atom is -0.325 e. The Labute approximate surface area is 209 Å². The summed E-state index contributed by atoms with van der Waals surface area (Å²) in [6.07, 6.45) is 0.993. The summed E-state index contributed by atoms with van der Waals surface area (Å²) >= 11 is 6.01. The number of amides is 1. The van der Waals surface area contributed by atoms with E-state index in [1.165, 1.54) is 30.3 Å². The third kappa shape index (κ3) is 6.90. The standard InChI is InChI=1S/C22H24ClN5O5S2/c1-14-5-6-17(23)12-20(14)28(34(4,30)31)13-21(29)26-18-7-9-19(10-8-18)35(32,33)27-22-24-15(2)11-16(3)25-22/h5-12H,13H2,1-4H3,(H,26,29)(H,24,25,27). The Bertz CT molecular complexity index is 1460. The van der Waals surface area contributed by atoms with Crippen molar-refractivity contribution in [1.29, 1.82) is 0 Å². The molecule has 0 unspecified atom stereocenters. The number of rotatable bonds is 8. The first-order valence-electron chi connectivity index (χ1n) is 10.2. The quantitative estimate of drug-likeness (QED) is 0.449. The average Bonchev–Trinajstić information content (AvgIpc) is 2.72. The van der Waals surface area contributed by atoms with Crippen LogP contribution < -0.4 is 14.3 Å². The van der Waals surface area contributed by atoms with Crippen molar-refractivity contribution in [2.45, 2.75) is 25.7 Å². The molecule has 0 aliphatic heterocycles. The number of hydrogen-bond donors (Lipinski definition) is 2. The number of carbonyl (C=O) groups is 1. The molecular formula is C22H24ClN5O5S2. The summed E-state index contributed by atoms with van der Waals surface area (Å²) in [5.74, 6) is -0.663. The van der Waals surface area contributed by atoms with Crippen molar-refractivity contribution in [2.75, 3.05) is 27.1 Å². The SMILES string of the molecule is Cc1cc(C)nc(NS(=O)(=O)c2ccc(NC(=O)CN(c3cc(Cl)ccc3C)S(C)(=O)=O)cc2)n1. The predicted octanol–water partition coefficient (Wildman–Crippen LogP) is 3.26. The Hall–Kier alpha value is -3.22. The summed E-state index contributed by atoms with van der Waals surface area (Å²) in [7, 11) is -7.76. The van der Waals surface area contributed by atoms with Crippen LogP contribution in [0.4, 0.5) is 17.3 Å². The zero-order valence-electron chi connectivity index (χ0n) is 19.4. The minimum absolute atomic E-state index is 0.0444.